The van der Waals surface area contributed by atoms with Crippen LogP contribution in [0.1, 0.15) is 50.2 Å². The van der Waals surface area contributed by atoms with Crippen LogP contribution in [0.4, 0.5) is 4.39 Å². The largest absolute Gasteiger partial charge is 0.495 e. The molecule has 7 nitrogen and oxygen atoms in total. The van der Waals surface area contributed by atoms with Crippen LogP contribution in [0.3, 0.4) is 0 Å². The van der Waals surface area contributed by atoms with Crippen molar-refractivity contribution in [2.24, 2.45) is 0 Å². The Hall–Kier alpha value is -2.00. The summed E-state index contributed by atoms with van der Waals surface area (Å²) in [7, 11) is -2.55. The highest BCUT2D eigenvalue weighted by Crippen LogP contribution is 2.41. The van der Waals surface area contributed by atoms with Gasteiger partial charge in [0.15, 0.2) is 5.82 Å². The highest BCUT2D eigenvalue weighted by Gasteiger charge is 2.43. The second-order valence-corrected chi connectivity index (χ2v) is 9.43. The minimum Gasteiger partial charge on any atom is -0.495 e. The zero-order valence-corrected chi connectivity index (χ0v) is 16.1. The molecule has 1 aliphatic heterocycles. The van der Waals surface area contributed by atoms with Gasteiger partial charge >= 0.3 is 0 Å². The van der Waals surface area contributed by atoms with Crippen LogP contribution in [0, 0.1) is 5.82 Å². The Morgan fingerprint density at radius 3 is 2.85 bits per heavy atom. The van der Waals surface area contributed by atoms with E-state index in [4.69, 9.17) is 9.26 Å². The Bertz CT molecular complexity index is 957. The molecule has 1 unspecified atom stereocenters. The van der Waals surface area contributed by atoms with Crippen LogP contribution in [0.5, 0.6) is 5.75 Å². The lowest BCUT2D eigenvalue weighted by Crippen LogP contribution is -2.47. The molecule has 1 aromatic carbocycles. The maximum atomic E-state index is 13.7. The van der Waals surface area contributed by atoms with Gasteiger partial charge in [0.1, 0.15) is 16.5 Å². The number of nitrogens with zero attached hydrogens (tertiary/aromatic N) is 3. The molecular weight excluding hydrogens is 373 g/mol. The smallest absolute Gasteiger partial charge is 0.246 e. The van der Waals surface area contributed by atoms with Gasteiger partial charge in [-0.15, -0.1) is 0 Å². The summed E-state index contributed by atoms with van der Waals surface area (Å²) >= 11 is 0. The van der Waals surface area contributed by atoms with Gasteiger partial charge in [-0.05, 0) is 43.9 Å². The maximum absolute atomic E-state index is 13.7. The van der Waals surface area contributed by atoms with Crippen LogP contribution in [-0.4, -0.2) is 43.1 Å². The standard InChI is InChI=1S/C18H22FN3O4S/c1-18(17-20-16(26-21-17)12-4-5-12)8-3-9-22(11-18)27(23,24)15-10-13(19)6-7-14(15)25-2/h6-7,10,12H,3-5,8-9,11H2,1-2H3. The number of hydrogen-bond acceptors (Lipinski definition) is 6. The number of halogens is 1. The molecule has 2 aromatic rings. The lowest BCUT2D eigenvalue weighted by Gasteiger charge is -2.37. The summed E-state index contributed by atoms with van der Waals surface area (Å²) in [4.78, 5) is 4.36. The van der Waals surface area contributed by atoms with Crippen LogP contribution in [0.25, 0.3) is 0 Å². The first kappa shape index (κ1) is 18.4. The Kier molecular flexibility index (Phi) is 4.46. The van der Waals surface area contributed by atoms with Gasteiger partial charge in [-0.3, -0.25) is 0 Å². The van der Waals surface area contributed by atoms with E-state index >= 15 is 0 Å². The summed E-state index contributed by atoms with van der Waals surface area (Å²) in [5.74, 6) is 1.02. The van der Waals surface area contributed by atoms with Crippen LogP contribution < -0.4 is 4.74 Å². The van der Waals surface area contributed by atoms with E-state index in [1.165, 1.54) is 23.5 Å². The van der Waals surface area contributed by atoms with Gasteiger partial charge in [0.2, 0.25) is 15.9 Å². The molecule has 2 aliphatic rings. The van der Waals surface area contributed by atoms with E-state index in [0.717, 1.165) is 25.3 Å². The van der Waals surface area contributed by atoms with E-state index in [2.05, 4.69) is 10.1 Å². The number of rotatable bonds is 5. The zero-order valence-electron chi connectivity index (χ0n) is 15.3. The van der Waals surface area contributed by atoms with Gasteiger partial charge in [0.05, 0.1) is 7.11 Å². The van der Waals surface area contributed by atoms with Crippen molar-refractivity contribution in [1.29, 1.82) is 0 Å². The quantitative estimate of drug-likeness (QED) is 0.774. The normalized spacial score (nSPS) is 24.1. The van der Waals surface area contributed by atoms with Crippen molar-refractivity contribution >= 4 is 10.0 Å². The molecule has 0 bridgehead atoms. The van der Waals surface area contributed by atoms with Crippen molar-refractivity contribution in [2.75, 3.05) is 20.2 Å². The average molecular weight is 395 g/mol. The number of hydrogen-bond donors (Lipinski definition) is 0. The first-order valence-corrected chi connectivity index (χ1v) is 10.5. The third kappa shape index (κ3) is 3.34. The summed E-state index contributed by atoms with van der Waals surface area (Å²) in [6, 6.07) is 3.50. The fourth-order valence-electron chi connectivity index (χ4n) is 3.55. The van der Waals surface area contributed by atoms with E-state index in [9.17, 15) is 12.8 Å². The maximum Gasteiger partial charge on any atom is 0.246 e. The van der Waals surface area contributed by atoms with Gasteiger partial charge in [0, 0.05) is 24.4 Å². The third-order valence-electron chi connectivity index (χ3n) is 5.31. The lowest BCUT2D eigenvalue weighted by atomic mass is 9.82. The fraction of sp³-hybridized carbons (Fsp3) is 0.556. The van der Waals surface area contributed by atoms with Gasteiger partial charge in [0.25, 0.3) is 0 Å². The van der Waals surface area contributed by atoms with Crippen LogP contribution in [-0.2, 0) is 15.4 Å². The molecule has 9 heteroatoms. The summed E-state index contributed by atoms with van der Waals surface area (Å²) in [5, 5.41) is 4.12. The minimum atomic E-state index is -3.92. The van der Waals surface area contributed by atoms with Gasteiger partial charge < -0.3 is 9.26 Å². The van der Waals surface area contributed by atoms with Crippen molar-refractivity contribution in [3.63, 3.8) is 0 Å². The van der Waals surface area contributed by atoms with Gasteiger partial charge in [-0.25, -0.2) is 12.8 Å². The Morgan fingerprint density at radius 1 is 1.37 bits per heavy atom. The third-order valence-corrected chi connectivity index (χ3v) is 7.18. The Labute approximate surface area is 157 Å². The Balaban J connectivity index is 1.64. The molecule has 1 aliphatic carbocycles. The second-order valence-electron chi connectivity index (χ2n) is 7.53. The highest BCUT2D eigenvalue weighted by atomic mass is 32.2. The van der Waals surface area contributed by atoms with E-state index in [1.54, 1.807) is 0 Å². The molecule has 1 aromatic heterocycles. The van der Waals surface area contributed by atoms with E-state index < -0.39 is 21.3 Å². The van der Waals surface area contributed by atoms with Crippen molar-refractivity contribution in [1.82, 2.24) is 14.4 Å². The molecule has 1 saturated carbocycles. The Morgan fingerprint density at radius 2 is 2.15 bits per heavy atom. The number of piperidine rings is 1. The number of methoxy groups -OCH3 is 1. The minimum absolute atomic E-state index is 0.124. The van der Waals surface area contributed by atoms with E-state index in [-0.39, 0.29) is 17.2 Å². The first-order chi connectivity index (χ1) is 12.8. The molecule has 4 rings (SSSR count). The number of ether oxygens (including phenoxy) is 1. The van der Waals surface area contributed by atoms with Crippen molar-refractivity contribution in [3.8, 4) is 5.75 Å². The van der Waals surface area contributed by atoms with E-state index in [1.807, 2.05) is 6.92 Å². The second kappa shape index (κ2) is 6.56. The lowest BCUT2D eigenvalue weighted by molar-refractivity contribution is 0.225. The van der Waals surface area contributed by atoms with Crippen molar-refractivity contribution in [3.05, 3.63) is 35.7 Å². The molecule has 1 saturated heterocycles. The molecule has 0 amide bonds. The van der Waals surface area contributed by atoms with Crippen molar-refractivity contribution < 1.29 is 22.1 Å². The van der Waals surface area contributed by atoms with Gasteiger partial charge in [-0.2, -0.15) is 9.29 Å². The molecule has 0 radical (unpaired) electrons. The van der Waals surface area contributed by atoms with Crippen LogP contribution in [0.15, 0.2) is 27.6 Å². The summed E-state index contributed by atoms with van der Waals surface area (Å²) in [6.07, 6.45) is 3.51. The first-order valence-electron chi connectivity index (χ1n) is 9.01. The highest BCUT2D eigenvalue weighted by molar-refractivity contribution is 7.89. The average Bonchev–Trinajstić information content (AvgIpc) is 3.37. The number of benzene rings is 1. The molecule has 0 spiro atoms. The SMILES string of the molecule is COc1ccc(F)cc1S(=O)(=O)N1CCCC(C)(c2noc(C3CC3)n2)C1. The zero-order chi connectivity index (χ0) is 19.2. The van der Waals surface area contributed by atoms with Crippen LogP contribution >= 0.6 is 0 Å². The van der Waals surface area contributed by atoms with E-state index in [0.29, 0.717) is 30.6 Å². The predicted octanol–water partition coefficient (Wildman–Crippen LogP) is 2.84. The van der Waals surface area contributed by atoms with Crippen LogP contribution in [0.2, 0.25) is 0 Å². The van der Waals surface area contributed by atoms with Crippen molar-refractivity contribution in [2.45, 2.75) is 48.8 Å². The molecule has 0 N–H and O–H groups in total. The fourth-order valence-corrected chi connectivity index (χ4v) is 5.32. The summed E-state index contributed by atoms with van der Waals surface area (Å²) in [5.41, 5.74) is -0.553. The molecule has 27 heavy (non-hydrogen) atoms. The predicted molar refractivity (Wildman–Crippen MR) is 94.6 cm³/mol. The summed E-state index contributed by atoms with van der Waals surface area (Å²) in [6.45, 7) is 2.50. The number of sulfonamides is 1. The molecule has 2 fully saturated rings. The molecular formula is C18H22FN3O4S. The monoisotopic (exact) mass is 395 g/mol. The summed E-state index contributed by atoms with van der Waals surface area (Å²) < 4.78 is 51.9. The molecule has 1 atom stereocenters. The molecule has 2 heterocycles. The number of aromatic nitrogens is 2. The molecule has 146 valence electrons. The van der Waals surface area contributed by atoms with Gasteiger partial charge in [-0.1, -0.05) is 12.1 Å². The topological polar surface area (TPSA) is 85.5 Å².